The Labute approximate surface area is 163 Å². The predicted molar refractivity (Wildman–Crippen MR) is 104 cm³/mol. The second-order valence-corrected chi connectivity index (χ2v) is 6.83. The number of hydrogen-bond donors (Lipinski definition) is 2. The number of halogens is 3. The van der Waals surface area contributed by atoms with Gasteiger partial charge in [-0.2, -0.15) is 13.2 Å². The standard InChI is InChI=1S/C19H28F3N5O/c1-3-23-18(24-12-17(28)26(2)14-19(20,21)22)25-15-8-7-11-27(13-15)16-9-5-4-6-10-16/h4-6,9-10,15H,3,7-8,11-14H2,1-2H3,(H2,23,24,25). The summed E-state index contributed by atoms with van der Waals surface area (Å²) in [4.78, 5) is 19.0. The molecule has 0 spiro atoms. The van der Waals surface area contributed by atoms with Crippen LogP contribution in [0.2, 0.25) is 0 Å². The molecule has 1 atom stereocenters. The highest BCUT2D eigenvalue weighted by Gasteiger charge is 2.31. The Morgan fingerprint density at radius 2 is 2.04 bits per heavy atom. The van der Waals surface area contributed by atoms with E-state index < -0.39 is 18.6 Å². The molecule has 2 rings (SSSR count). The number of carbonyl (C=O) groups excluding carboxylic acids is 1. The predicted octanol–water partition coefficient (Wildman–Crippen LogP) is 2.23. The quantitative estimate of drug-likeness (QED) is 0.569. The molecule has 6 nitrogen and oxygen atoms in total. The van der Waals surface area contributed by atoms with E-state index in [0.29, 0.717) is 17.4 Å². The van der Waals surface area contributed by atoms with Crippen LogP contribution < -0.4 is 15.5 Å². The summed E-state index contributed by atoms with van der Waals surface area (Å²) in [5, 5.41) is 6.36. The van der Waals surface area contributed by atoms with Crippen LogP contribution in [0.15, 0.2) is 35.3 Å². The number of carbonyl (C=O) groups is 1. The van der Waals surface area contributed by atoms with Crippen molar-refractivity contribution >= 4 is 17.6 Å². The third-order valence-electron chi connectivity index (χ3n) is 4.44. The number of likely N-dealkylation sites (N-methyl/N-ethyl adjacent to an activating group) is 1. The van der Waals surface area contributed by atoms with Crippen molar-refractivity contribution in [3.05, 3.63) is 30.3 Å². The second-order valence-electron chi connectivity index (χ2n) is 6.83. The summed E-state index contributed by atoms with van der Waals surface area (Å²) in [6.07, 6.45) is -2.45. The zero-order valence-corrected chi connectivity index (χ0v) is 16.3. The van der Waals surface area contributed by atoms with Crippen molar-refractivity contribution < 1.29 is 18.0 Å². The van der Waals surface area contributed by atoms with Gasteiger partial charge in [-0.25, -0.2) is 4.99 Å². The highest BCUT2D eigenvalue weighted by atomic mass is 19.4. The molecule has 0 aromatic heterocycles. The minimum Gasteiger partial charge on any atom is -0.369 e. The molecule has 1 amide bonds. The van der Waals surface area contributed by atoms with Gasteiger partial charge in [-0.3, -0.25) is 4.79 Å². The first kappa shape index (κ1) is 21.8. The number of amides is 1. The first-order valence-electron chi connectivity index (χ1n) is 9.44. The Morgan fingerprint density at radius 3 is 2.68 bits per heavy atom. The largest absolute Gasteiger partial charge is 0.406 e. The number of aliphatic imine (C=N–C) groups is 1. The van der Waals surface area contributed by atoms with Gasteiger partial charge in [0.05, 0.1) is 0 Å². The van der Waals surface area contributed by atoms with Crippen molar-refractivity contribution in [3.63, 3.8) is 0 Å². The van der Waals surface area contributed by atoms with Crippen molar-refractivity contribution in [2.45, 2.75) is 32.0 Å². The lowest BCUT2D eigenvalue weighted by Crippen LogP contribution is -2.51. The minimum absolute atomic E-state index is 0.134. The van der Waals surface area contributed by atoms with E-state index in [4.69, 9.17) is 0 Å². The SMILES string of the molecule is CCNC(=NCC(=O)N(C)CC(F)(F)F)NC1CCCN(c2ccccc2)C1. The van der Waals surface area contributed by atoms with Gasteiger partial charge < -0.3 is 20.4 Å². The number of rotatable bonds is 6. The zero-order chi connectivity index (χ0) is 20.6. The van der Waals surface area contributed by atoms with Crippen LogP contribution in [0, 0.1) is 0 Å². The Balaban J connectivity index is 1.94. The van der Waals surface area contributed by atoms with Gasteiger partial charge in [0.2, 0.25) is 5.91 Å². The first-order chi connectivity index (χ1) is 13.3. The van der Waals surface area contributed by atoms with Crippen molar-refractivity contribution in [3.8, 4) is 0 Å². The number of piperidine rings is 1. The molecule has 1 saturated heterocycles. The molecule has 1 fully saturated rings. The van der Waals surface area contributed by atoms with Crippen molar-refractivity contribution in [1.82, 2.24) is 15.5 Å². The van der Waals surface area contributed by atoms with E-state index in [9.17, 15) is 18.0 Å². The summed E-state index contributed by atoms with van der Waals surface area (Å²) in [6.45, 7) is 2.63. The van der Waals surface area contributed by atoms with Crippen LogP contribution in [0.5, 0.6) is 0 Å². The van der Waals surface area contributed by atoms with Crippen LogP contribution in [-0.4, -0.2) is 68.8 Å². The maximum absolute atomic E-state index is 12.4. The number of benzene rings is 1. The Hall–Kier alpha value is -2.45. The van der Waals surface area contributed by atoms with E-state index in [0.717, 1.165) is 38.7 Å². The molecule has 1 aromatic rings. The van der Waals surface area contributed by atoms with Gasteiger partial charge in [-0.05, 0) is 31.9 Å². The molecule has 1 aliphatic heterocycles. The fourth-order valence-corrected chi connectivity index (χ4v) is 3.11. The van der Waals surface area contributed by atoms with Gasteiger partial charge in [-0.15, -0.1) is 0 Å². The first-order valence-corrected chi connectivity index (χ1v) is 9.44. The number of hydrogen-bond acceptors (Lipinski definition) is 3. The van der Waals surface area contributed by atoms with Crippen molar-refractivity contribution in [1.29, 1.82) is 0 Å². The molecule has 0 saturated carbocycles. The van der Waals surface area contributed by atoms with E-state index in [1.807, 2.05) is 25.1 Å². The van der Waals surface area contributed by atoms with Gasteiger partial charge in [0.15, 0.2) is 5.96 Å². The topological polar surface area (TPSA) is 60.0 Å². The molecule has 1 unspecified atom stereocenters. The van der Waals surface area contributed by atoms with Gasteiger partial charge in [0.25, 0.3) is 0 Å². The van der Waals surface area contributed by atoms with Crippen LogP contribution in [0.3, 0.4) is 0 Å². The van der Waals surface area contributed by atoms with E-state index in [-0.39, 0.29) is 12.6 Å². The van der Waals surface area contributed by atoms with Crippen molar-refractivity contribution in [2.24, 2.45) is 4.99 Å². The Bertz CT molecular complexity index is 651. The fraction of sp³-hybridized carbons (Fsp3) is 0.579. The number of guanidine groups is 1. The van der Waals surface area contributed by atoms with E-state index in [1.165, 1.54) is 0 Å². The number of nitrogens with one attached hydrogen (secondary N) is 2. The molecule has 2 N–H and O–H groups in total. The van der Waals surface area contributed by atoms with Crippen LogP contribution in [-0.2, 0) is 4.79 Å². The smallest absolute Gasteiger partial charge is 0.369 e. The zero-order valence-electron chi connectivity index (χ0n) is 16.3. The van der Waals surface area contributed by atoms with Gasteiger partial charge in [0.1, 0.15) is 13.1 Å². The summed E-state index contributed by atoms with van der Waals surface area (Å²) in [5.41, 5.74) is 1.15. The molecule has 9 heteroatoms. The lowest BCUT2D eigenvalue weighted by molar-refractivity contribution is -0.157. The van der Waals surface area contributed by atoms with Gasteiger partial charge >= 0.3 is 6.18 Å². The summed E-state index contributed by atoms with van der Waals surface area (Å²) in [6, 6.07) is 10.2. The minimum atomic E-state index is -4.42. The molecule has 156 valence electrons. The molecule has 28 heavy (non-hydrogen) atoms. The molecule has 1 aliphatic rings. The van der Waals surface area contributed by atoms with E-state index in [2.05, 4.69) is 32.7 Å². The monoisotopic (exact) mass is 399 g/mol. The highest BCUT2D eigenvalue weighted by molar-refractivity contribution is 5.85. The number of para-hydroxylation sites is 1. The van der Waals surface area contributed by atoms with E-state index in [1.54, 1.807) is 0 Å². The number of nitrogens with zero attached hydrogens (tertiary/aromatic N) is 3. The van der Waals surface area contributed by atoms with Crippen molar-refractivity contribution in [2.75, 3.05) is 44.7 Å². The van der Waals surface area contributed by atoms with Crippen LogP contribution in [0.1, 0.15) is 19.8 Å². The Morgan fingerprint density at radius 1 is 1.32 bits per heavy atom. The fourth-order valence-electron chi connectivity index (χ4n) is 3.11. The lowest BCUT2D eigenvalue weighted by atomic mass is 10.1. The van der Waals surface area contributed by atoms with Gasteiger partial charge in [0, 0.05) is 38.4 Å². The van der Waals surface area contributed by atoms with Crippen LogP contribution in [0.25, 0.3) is 0 Å². The molecule has 0 bridgehead atoms. The summed E-state index contributed by atoms with van der Waals surface area (Å²) >= 11 is 0. The molecule has 1 heterocycles. The third-order valence-corrected chi connectivity index (χ3v) is 4.44. The maximum atomic E-state index is 12.4. The average Bonchev–Trinajstić information content (AvgIpc) is 2.65. The summed E-state index contributed by atoms with van der Waals surface area (Å²) < 4.78 is 37.2. The molecule has 1 aromatic carbocycles. The third kappa shape index (κ3) is 7.28. The molecule has 0 radical (unpaired) electrons. The summed E-state index contributed by atoms with van der Waals surface area (Å²) in [5.74, 6) is -0.236. The Kier molecular flexibility index (Phi) is 7.95. The molecular weight excluding hydrogens is 371 g/mol. The normalized spacial score (nSPS) is 18.0. The summed E-state index contributed by atoms with van der Waals surface area (Å²) in [7, 11) is 1.13. The van der Waals surface area contributed by atoms with Crippen LogP contribution >= 0.6 is 0 Å². The molecular formula is C19H28F3N5O. The highest BCUT2D eigenvalue weighted by Crippen LogP contribution is 2.19. The average molecular weight is 399 g/mol. The van der Waals surface area contributed by atoms with Crippen LogP contribution in [0.4, 0.5) is 18.9 Å². The molecule has 0 aliphatic carbocycles. The number of alkyl halides is 3. The second kappa shape index (κ2) is 10.2. The lowest BCUT2D eigenvalue weighted by Gasteiger charge is -2.35. The maximum Gasteiger partial charge on any atom is 0.406 e. The number of anilines is 1. The van der Waals surface area contributed by atoms with E-state index >= 15 is 0 Å². The van der Waals surface area contributed by atoms with Gasteiger partial charge in [-0.1, -0.05) is 18.2 Å².